The molecular formula is C30H32ClN3O4. The van der Waals surface area contributed by atoms with Crippen molar-refractivity contribution in [1.82, 2.24) is 10.2 Å². The van der Waals surface area contributed by atoms with Crippen LogP contribution >= 0.6 is 11.6 Å². The number of ether oxygens (including phenoxy) is 1. The normalized spacial score (nSPS) is 31.9. The number of carbonyl (C=O) groups is 3. The van der Waals surface area contributed by atoms with E-state index < -0.39 is 29.1 Å². The zero-order chi connectivity index (χ0) is 26.5. The lowest BCUT2D eigenvalue weighted by atomic mass is 9.70. The Morgan fingerprint density at radius 1 is 1.00 bits per heavy atom. The lowest BCUT2D eigenvalue weighted by Gasteiger charge is -2.34. The summed E-state index contributed by atoms with van der Waals surface area (Å²) >= 11 is 6.09. The predicted molar refractivity (Wildman–Crippen MR) is 144 cm³/mol. The van der Waals surface area contributed by atoms with Crippen LogP contribution < -0.4 is 10.6 Å². The number of rotatable bonds is 6. The van der Waals surface area contributed by atoms with Gasteiger partial charge in [-0.2, -0.15) is 0 Å². The number of hydrogen-bond donors (Lipinski definition) is 2. The standard InChI is InChI=1S/C30H32ClN3O4/c1-29-16-17-30(38-29)24(23(29)26(35)32-21-8-4-2-5-9-21)28(37)34(18-19-12-14-20(31)15-13-19)25(30)27(36)33-22-10-6-3-7-11-22/h2,4-5,8-9,12-17,22-25H,3,6-7,10-11,18H2,1H3,(H,32,35)(H,33,36)/t23-,24+,25-,29-,30-/m1/s1. The third-order valence-corrected chi connectivity index (χ3v) is 8.84. The summed E-state index contributed by atoms with van der Waals surface area (Å²) in [5, 5.41) is 6.79. The van der Waals surface area contributed by atoms with Crippen molar-refractivity contribution < 1.29 is 19.1 Å². The average molecular weight is 534 g/mol. The van der Waals surface area contributed by atoms with Crippen LogP contribution in [0.5, 0.6) is 0 Å². The molecule has 2 aromatic carbocycles. The number of anilines is 1. The van der Waals surface area contributed by atoms with Gasteiger partial charge in [-0.25, -0.2) is 0 Å². The summed E-state index contributed by atoms with van der Waals surface area (Å²) in [4.78, 5) is 43.4. The van der Waals surface area contributed by atoms with Crippen molar-refractivity contribution in [3.63, 3.8) is 0 Å². The molecule has 7 nitrogen and oxygen atoms in total. The predicted octanol–water partition coefficient (Wildman–Crippen LogP) is 4.47. The smallest absolute Gasteiger partial charge is 0.246 e. The second-order valence-corrected chi connectivity index (χ2v) is 11.6. The molecule has 8 heteroatoms. The van der Waals surface area contributed by atoms with Crippen LogP contribution in [0.3, 0.4) is 0 Å². The molecule has 0 unspecified atom stereocenters. The fourth-order valence-corrected chi connectivity index (χ4v) is 6.98. The lowest BCUT2D eigenvalue weighted by molar-refractivity contribution is -0.145. The molecule has 0 radical (unpaired) electrons. The van der Waals surface area contributed by atoms with Crippen LogP contribution in [0.25, 0.3) is 0 Å². The van der Waals surface area contributed by atoms with E-state index in [1.54, 1.807) is 17.0 Å². The van der Waals surface area contributed by atoms with Crippen molar-refractivity contribution in [2.75, 3.05) is 5.32 Å². The van der Waals surface area contributed by atoms with Gasteiger partial charge in [-0.05, 0) is 49.6 Å². The monoisotopic (exact) mass is 533 g/mol. The summed E-state index contributed by atoms with van der Waals surface area (Å²) in [6.45, 7) is 2.05. The van der Waals surface area contributed by atoms with Gasteiger partial charge >= 0.3 is 0 Å². The highest BCUT2D eigenvalue weighted by Crippen LogP contribution is 2.60. The summed E-state index contributed by atoms with van der Waals surface area (Å²) in [5.41, 5.74) is -0.702. The van der Waals surface area contributed by atoms with Gasteiger partial charge in [0.25, 0.3) is 0 Å². The van der Waals surface area contributed by atoms with Crippen LogP contribution in [0, 0.1) is 11.8 Å². The molecule has 1 aliphatic carbocycles. The first-order chi connectivity index (χ1) is 18.3. The molecule has 0 aromatic heterocycles. The highest BCUT2D eigenvalue weighted by Gasteiger charge is 2.76. The molecular weight excluding hydrogens is 502 g/mol. The van der Waals surface area contributed by atoms with Gasteiger partial charge in [0.2, 0.25) is 17.7 Å². The number of benzene rings is 2. The topological polar surface area (TPSA) is 87.7 Å². The van der Waals surface area contributed by atoms with Crippen LogP contribution in [-0.4, -0.2) is 45.9 Å². The minimum absolute atomic E-state index is 0.0783. The second-order valence-electron chi connectivity index (χ2n) is 11.1. The Balaban J connectivity index is 1.36. The number of nitrogens with zero attached hydrogens (tertiary/aromatic N) is 1. The summed E-state index contributed by atoms with van der Waals surface area (Å²) in [5.74, 6) is -2.34. The fraction of sp³-hybridized carbons (Fsp3) is 0.433. The van der Waals surface area contributed by atoms with Gasteiger partial charge in [0.05, 0.1) is 17.4 Å². The molecule has 1 spiro atoms. The number of fused-ring (bicyclic) bond motifs is 1. The van der Waals surface area contributed by atoms with E-state index in [0.717, 1.165) is 31.2 Å². The number of nitrogens with one attached hydrogen (secondary N) is 2. The second kappa shape index (κ2) is 9.54. The summed E-state index contributed by atoms with van der Waals surface area (Å²) in [7, 11) is 0. The van der Waals surface area contributed by atoms with E-state index in [-0.39, 0.29) is 30.3 Å². The molecule has 38 heavy (non-hydrogen) atoms. The number of amides is 3. The molecule has 3 fully saturated rings. The number of hydrogen-bond acceptors (Lipinski definition) is 4. The maximum atomic E-state index is 14.2. The maximum Gasteiger partial charge on any atom is 0.246 e. The van der Waals surface area contributed by atoms with Crippen molar-refractivity contribution in [2.24, 2.45) is 11.8 Å². The minimum Gasteiger partial charge on any atom is -0.356 e. The van der Waals surface area contributed by atoms with Crippen molar-refractivity contribution in [3.8, 4) is 0 Å². The number of para-hydroxylation sites is 1. The van der Waals surface area contributed by atoms with Crippen molar-refractivity contribution in [3.05, 3.63) is 77.3 Å². The molecule has 3 aliphatic heterocycles. The summed E-state index contributed by atoms with van der Waals surface area (Å²) in [6.07, 6.45) is 8.89. The molecule has 2 bridgehead atoms. The molecule has 6 rings (SSSR count). The van der Waals surface area contributed by atoms with Gasteiger partial charge in [0.15, 0.2) is 0 Å². The van der Waals surface area contributed by atoms with E-state index in [9.17, 15) is 14.4 Å². The van der Waals surface area contributed by atoms with Gasteiger partial charge in [-0.3, -0.25) is 14.4 Å². The lowest BCUT2D eigenvalue weighted by Crippen LogP contribution is -2.56. The first-order valence-corrected chi connectivity index (χ1v) is 13.8. The Bertz CT molecular complexity index is 1280. The number of likely N-dealkylation sites (tertiary alicyclic amines) is 1. The summed E-state index contributed by atoms with van der Waals surface area (Å²) in [6, 6.07) is 15.6. The van der Waals surface area contributed by atoms with Crippen LogP contribution in [-0.2, 0) is 25.7 Å². The van der Waals surface area contributed by atoms with E-state index in [2.05, 4.69) is 10.6 Å². The number of carbonyl (C=O) groups excluding carboxylic acids is 3. The van der Waals surface area contributed by atoms with Gasteiger partial charge in [0, 0.05) is 23.3 Å². The molecule has 2 N–H and O–H groups in total. The van der Waals surface area contributed by atoms with E-state index in [1.165, 1.54) is 6.42 Å². The molecule has 2 saturated heterocycles. The SMILES string of the molecule is C[C@]12C=C[C@@]3(O1)[C@H](C(=O)N(Cc1ccc(Cl)cc1)[C@@H]3C(=O)NC1CCCCC1)[C@@H]2C(=O)Nc1ccccc1. The molecule has 2 aromatic rings. The van der Waals surface area contributed by atoms with E-state index in [0.29, 0.717) is 10.7 Å². The van der Waals surface area contributed by atoms with Gasteiger partial charge in [-0.1, -0.05) is 73.3 Å². The van der Waals surface area contributed by atoms with Crippen molar-refractivity contribution in [2.45, 2.75) is 68.9 Å². The van der Waals surface area contributed by atoms with Gasteiger partial charge < -0.3 is 20.3 Å². The van der Waals surface area contributed by atoms with Crippen LogP contribution in [0.1, 0.15) is 44.6 Å². The molecule has 1 saturated carbocycles. The molecule has 3 heterocycles. The Morgan fingerprint density at radius 2 is 1.71 bits per heavy atom. The van der Waals surface area contributed by atoms with Crippen molar-refractivity contribution in [1.29, 1.82) is 0 Å². The van der Waals surface area contributed by atoms with Gasteiger partial charge in [0.1, 0.15) is 11.6 Å². The Kier molecular flexibility index (Phi) is 6.31. The zero-order valence-corrected chi connectivity index (χ0v) is 22.1. The summed E-state index contributed by atoms with van der Waals surface area (Å²) < 4.78 is 6.61. The number of halogens is 1. The molecule has 4 aliphatic rings. The Morgan fingerprint density at radius 3 is 2.42 bits per heavy atom. The largest absolute Gasteiger partial charge is 0.356 e. The quantitative estimate of drug-likeness (QED) is 0.536. The highest BCUT2D eigenvalue weighted by atomic mass is 35.5. The third-order valence-electron chi connectivity index (χ3n) is 8.59. The van der Waals surface area contributed by atoms with Crippen LogP contribution in [0.2, 0.25) is 5.02 Å². The Hall–Kier alpha value is -3.16. The maximum absolute atomic E-state index is 14.2. The van der Waals surface area contributed by atoms with Crippen molar-refractivity contribution >= 4 is 35.0 Å². The van der Waals surface area contributed by atoms with E-state index in [4.69, 9.17) is 16.3 Å². The van der Waals surface area contributed by atoms with E-state index in [1.807, 2.05) is 61.5 Å². The highest BCUT2D eigenvalue weighted by molar-refractivity contribution is 6.30. The molecule has 3 amide bonds. The first kappa shape index (κ1) is 25.1. The molecule has 5 atom stereocenters. The third kappa shape index (κ3) is 4.12. The fourth-order valence-electron chi connectivity index (χ4n) is 6.85. The van der Waals surface area contributed by atoms with Gasteiger partial charge in [-0.15, -0.1) is 0 Å². The average Bonchev–Trinajstić information content (AvgIpc) is 3.47. The minimum atomic E-state index is -1.21. The molecule has 198 valence electrons. The van der Waals surface area contributed by atoms with Crippen LogP contribution in [0.4, 0.5) is 5.69 Å². The zero-order valence-electron chi connectivity index (χ0n) is 21.4. The Labute approximate surface area is 227 Å². The van der Waals surface area contributed by atoms with Crippen LogP contribution in [0.15, 0.2) is 66.7 Å². The first-order valence-electron chi connectivity index (χ1n) is 13.4. The van der Waals surface area contributed by atoms with E-state index >= 15 is 0 Å².